The van der Waals surface area contributed by atoms with E-state index in [1.54, 1.807) is 26.0 Å². The van der Waals surface area contributed by atoms with Gasteiger partial charge in [0.2, 0.25) is 10.0 Å². The zero-order chi connectivity index (χ0) is 28.9. The average molecular weight is 571 g/mol. The number of aliphatic hydroxyl groups excluding tert-OH is 1. The van der Waals surface area contributed by atoms with Crippen molar-refractivity contribution in [2.45, 2.75) is 88.8 Å². The fraction of sp³-hybridized carbons (Fsp3) is 0.633. The summed E-state index contributed by atoms with van der Waals surface area (Å²) in [6.45, 7) is 9.30. The van der Waals surface area contributed by atoms with E-state index in [0.29, 0.717) is 6.42 Å². The lowest BCUT2D eigenvalue weighted by Gasteiger charge is -2.65. The molecule has 3 saturated carbocycles. The summed E-state index contributed by atoms with van der Waals surface area (Å²) in [5.74, 6) is -1.47. The topological polar surface area (TPSA) is 132 Å². The standard InChI is InChI=1S/C30H38N2O7S/c1-26(2)38-25-14-22-21-9-8-18-13-19(33)10-11-27(18,3)29(21,5)23(34)15-28(22,4)30(25,39-26)24(35)17-32-40(36,37)20-7-6-12-31-16-20/h6-7,10-13,16,21-23,25,32,34H,8-9,14-15,17H2,1-5H3/t21?,22?,23-,25+,27?,28?,29?,30+/m0/s1. The second-order valence-corrected chi connectivity index (χ2v) is 15.1. The van der Waals surface area contributed by atoms with Gasteiger partial charge in [-0.15, -0.1) is 0 Å². The van der Waals surface area contributed by atoms with Gasteiger partial charge in [0.1, 0.15) is 4.90 Å². The van der Waals surface area contributed by atoms with E-state index in [-0.39, 0.29) is 28.9 Å². The predicted octanol–water partition coefficient (Wildman–Crippen LogP) is 3.10. The SMILES string of the molecule is CC1(C)O[C@@H]2CC3C4CCC5=CC(=O)C=CC5(C)C4(C)[C@@H](O)CC3(C)[C@]2(C(=O)CNS(=O)(=O)c2cccnc2)O1. The van der Waals surface area contributed by atoms with Gasteiger partial charge in [0.25, 0.3) is 0 Å². The first kappa shape index (κ1) is 27.9. The summed E-state index contributed by atoms with van der Waals surface area (Å²) in [7, 11) is -3.98. The van der Waals surface area contributed by atoms with Crippen LogP contribution in [0.15, 0.2) is 53.2 Å². The van der Waals surface area contributed by atoms with E-state index in [1.807, 2.05) is 13.0 Å². The van der Waals surface area contributed by atoms with Gasteiger partial charge in [-0.05, 0) is 75.7 Å². The van der Waals surface area contributed by atoms with Crippen molar-refractivity contribution >= 4 is 21.6 Å². The predicted molar refractivity (Wildman–Crippen MR) is 145 cm³/mol. The van der Waals surface area contributed by atoms with Crippen LogP contribution in [0.4, 0.5) is 0 Å². The molecule has 5 unspecified atom stereocenters. The number of hydrogen-bond donors (Lipinski definition) is 2. The molecule has 40 heavy (non-hydrogen) atoms. The molecule has 0 bridgehead atoms. The van der Waals surface area contributed by atoms with Crippen LogP contribution >= 0.6 is 0 Å². The average Bonchev–Trinajstić information content (AvgIpc) is 3.30. The molecule has 1 aromatic rings. The maximum Gasteiger partial charge on any atom is 0.242 e. The van der Waals surface area contributed by atoms with Crippen molar-refractivity contribution in [3.63, 3.8) is 0 Å². The summed E-state index contributed by atoms with van der Waals surface area (Å²) in [6.07, 6.45) is 8.96. The number of nitrogens with zero attached hydrogens (tertiary/aromatic N) is 1. The number of fused-ring (bicyclic) bond motifs is 7. The summed E-state index contributed by atoms with van der Waals surface area (Å²) in [4.78, 5) is 30.3. The Balaban J connectivity index is 1.38. The summed E-state index contributed by atoms with van der Waals surface area (Å²) in [5, 5.41) is 12.0. The van der Waals surface area contributed by atoms with Crippen molar-refractivity contribution in [2.24, 2.45) is 28.1 Å². The number of nitrogens with one attached hydrogen (secondary N) is 1. The Morgan fingerprint density at radius 2 is 1.95 bits per heavy atom. The van der Waals surface area contributed by atoms with Crippen molar-refractivity contribution in [1.82, 2.24) is 9.71 Å². The van der Waals surface area contributed by atoms with Crippen LogP contribution in [0.5, 0.6) is 0 Å². The largest absolute Gasteiger partial charge is 0.392 e. The van der Waals surface area contributed by atoms with Crippen LogP contribution in [0.25, 0.3) is 0 Å². The Hall–Kier alpha value is -2.24. The van der Waals surface area contributed by atoms with Crippen LogP contribution < -0.4 is 4.72 Å². The smallest absolute Gasteiger partial charge is 0.242 e. The number of allylic oxidation sites excluding steroid dienone is 4. The number of carbonyl (C=O) groups is 2. The normalized spacial score (nSPS) is 43.4. The third kappa shape index (κ3) is 3.52. The first-order valence-electron chi connectivity index (χ1n) is 14.0. The van der Waals surface area contributed by atoms with Crippen LogP contribution in [0, 0.1) is 28.1 Å². The lowest BCUT2D eigenvalue weighted by Crippen LogP contribution is -2.67. The van der Waals surface area contributed by atoms with Crippen LogP contribution in [-0.4, -0.2) is 60.2 Å². The molecule has 5 aliphatic rings. The summed E-state index contributed by atoms with van der Waals surface area (Å²) >= 11 is 0. The number of ketones is 2. The van der Waals surface area contributed by atoms with E-state index in [9.17, 15) is 23.1 Å². The van der Waals surface area contributed by atoms with Gasteiger partial charge in [0, 0.05) is 28.6 Å². The monoisotopic (exact) mass is 570 g/mol. The molecule has 1 aliphatic heterocycles. The number of aliphatic hydroxyl groups is 1. The van der Waals surface area contributed by atoms with Gasteiger partial charge >= 0.3 is 0 Å². The second kappa shape index (κ2) is 8.64. The fourth-order valence-corrected chi connectivity index (χ4v) is 10.1. The highest BCUT2D eigenvalue weighted by molar-refractivity contribution is 7.89. The van der Waals surface area contributed by atoms with E-state index in [2.05, 4.69) is 23.6 Å². The van der Waals surface area contributed by atoms with Crippen molar-refractivity contribution in [3.8, 4) is 0 Å². The van der Waals surface area contributed by atoms with Crippen LogP contribution in [0.2, 0.25) is 0 Å². The molecular weight excluding hydrogens is 532 g/mol. The van der Waals surface area contributed by atoms with Gasteiger partial charge < -0.3 is 14.6 Å². The minimum absolute atomic E-state index is 0.0229. The number of sulfonamides is 1. The Kier molecular flexibility index (Phi) is 6.03. The van der Waals surface area contributed by atoms with Crippen molar-refractivity contribution in [1.29, 1.82) is 0 Å². The molecule has 0 aromatic carbocycles. The highest BCUT2D eigenvalue weighted by atomic mass is 32.2. The molecule has 1 saturated heterocycles. The minimum Gasteiger partial charge on any atom is -0.392 e. The second-order valence-electron chi connectivity index (χ2n) is 13.3. The Labute approximate surface area is 235 Å². The Bertz CT molecular complexity index is 1440. The first-order valence-corrected chi connectivity index (χ1v) is 15.5. The van der Waals surface area contributed by atoms with Gasteiger partial charge in [-0.1, -0.05) is 32.4 Å². The molecule has 0 amide bonds. The van der Waals surface area contributed by atoms with Crippen molar-refractivity contribution in [3.05, 3.63) is 48.3 Å². The molecule has 8 atom stereocenters. The summed E-state index contributed by atoms with van der Waals surface area (Å²) in [6, 6.07) is 2.94. The van der Waals surface area contributed by atoms with E-state index in [4.69, 9.17) is 9.47 Å². The van der Waals surface area contributed by atoms with Crippen LogP contribution in [0.1, 0.15) is 60.3 Å². The van der Waals surface area contributed by atoms with Crippen molar-refractivity contribution < 1.29 is 32.6 Å². The Morgan fingerprint density at radius 1 is 1.20 bits per heavy atom. The van der Waals surface area contributed by atoms with E-state index < -0.39 is 62.2 Å². The third-order valence-electron chi connectivity index (χ3n) is 11.2. The lowest BCUT2D eigenvalue weighted by molar-refractivity contribution is -0.239. The highest BCUT2D eigenvalue weighted by Gasteiger charge is 2.78. The Morgan fingerprint density at radius 3 is 2.65 bits per heavy atom. The fourth-order valence-electron chi connectivity index (χ4n) is 9.12. The van der Waals surface area contributed by atoms with Crippen LogP contribution in [-0.2, 0) is 29.1 Å². The molecule has 4 aliphatic carbocycles. The van der Waals surface area contributed by atoms with Gasteiger partial charge in [-0.2, -0.15) is 0 Å². The number of carbonyl (C=O) groups excluding carboxylic acids is 2. The maximum atomic E-state index is 14.3. The van der Waals surface area contributed by atoms with Gasteiger partial charge in [-0.25, -0.2) is 13.1 Å². The zero-order valence-corrected chi connectivity index (χ0v) is 24.5. The maximum absolute atomic E-state index is 14.3. The number of aromatic nitrogens is 1. The van der Waals surface area contributed by atoms with Crippen LogP contribution in [0.3, 0.4) is 0 Å². The molecule has 2 N–H and O–H groups in total. The molecule has 10 heteroatoms. The highest BCUT2D eigenvalue weighted by Crippen LogP contribution is 2.74. The number of ether oxygens (including phenoxy) is 2. The molecule has 216 valence electrons. The number of pyridine rings is 1. The van der Waals surface area contributed by atoms with E-state index in [0.717, 1.165) is 18.4 Å². The summed E-state index contributed by atoms with van der Waals surface area (Å²) < 4.78 is 41.3. The number of Topliss-reactive ketones (excluding diaryl/α,β-unsaturated/α-hetero) is 1. The molecule has 0 spiro atoms. The zero-order valence-electron chi connectivity index (χ0n) is 23.6. The first-order chi connectivity index (χ1) is 18.6. The molecule has 0 radical (unpaired) electrons. The third-order valence-corrected chi connectivity index (χ3v) is 12.6. The quantitative estimate of drug-likeness (QED) is 0.552. The van der Waals surface area contributed by atoms with Gasteiger partial charge in [-0.3, -0.25) is 14.6 Å². The molecule has 2 heterocycles. The van der Waals surface area contributed by atoms with E-state index >= 15 is 0 Å². The molecule has 4 fully saturated rings. The lowest BCUT2D eigenvalue weighted by atomic mass is 9.39. The number of rotatable bonds is 5. The van der Waals surface area contributed by atoms with Gasteiger partial charge in [0.15, 0.2) is 23.0 Å². The molecule has 9 nitrogen and oxygen atoms in total. The van der Waals surface area contributed by atoms with Gasteiger partial charge in [0.05, 0.1) is 18.8 Å². The van der Waals surface area contributed by atoms with Crippen molar-refractivity contribution in [2.75, 3.05) is 6.54 Å². The molecule has 1 aromatic heterocycles. The molecule has 6 rings (SSSR count). The summed E-state index contributed by atoms with van der Waals surface area (Å²) in [5.41, 5.74) is -2.27. The van der Waals surface area contributed by atoms with E-state index in [1.165, 1.54) is 24.5 Å². The number of hydrogen-bond acceptors (Lipinski definition) is 8. The minimum atomic E-state index is -3.98. The molecular formula is C30H38N2O7S.